The largest absolute Gasteiger partial charge is 0.494 e. The van der Waals surface area contributed by atoms with Crippen LogP contribution in [0.25, 0.3) is 11.1 Å². The molecule has 0 amide bonds. The van der Waals surface area contributed by atoms with Crippen molar-refractivity contribution in [2.24, 2.45) is 5.92 Å². The van der Waals surface area contributed by atoms with E-state index in [1.807, 2.05) is 0 Å². The summed E-state index contributed by atoms with van der Waals surface area (Å²) >= 11 is 0. The van der Waals surface area contributed by atoms with E-state index < -0.39 is 0 Å². The second kappa shape index (κ2) is 16.0. The van der Waals surface area contributed by atoms with Crippen LogP contribution >= 0.6 is 0 Å². The Balaban J connectivity index is 1.35. The Morgan fingerprint density at radius 2 is 1.12 bits per heavy atom. The minimum Gasteiger partial charge on any atom is -0.494 e. The molecule has 1 saturated carbocycles. The first-order chi connectivity index (χ1) is 16.8. The number of hydrogen-bond donors (Lipinski definition) is 0. The molecule has 2 aromatic rings. The molecule has 0 radical (unpaired) electrons. The SMILES string of the molecule is CCCCCCCCCCOc1ccc(-c2ccc(C3CCC(CCCCC)CC3)cc2)cc1. The van der Waals surface area contributed by atoms with Crippen LogP contribution in [0.4, 0.5) is 0 Å². The molecule has 0 N–H and O–H groups in total. The van der Waals surface area contributed by atoms with Crippen molar-refractivity contribution in [3.8, 4) is 16.9 Å². The Hall–Kier alpha value is -1.76. The molecule has 188 valence electrons. The smallest absolute Gasteiger partial charge is 0.119 e. The van der Waals surface area contributed by atoms with Crippen molar-refractivity contribution in [3.05, 3.63) is 54.1 Å². The maximum atomic E-state index is 5.98. The molecule has 0 heterocycles. The molecule has 1 heteroatoms. The minimum absolute atomic E-state index is 0.767. The molecule has 1 aliphatic rings. The molecule has 0 aliphatic heterocycles. The van der Waals surface area contributed by atoms with Gasteiger partial charge in [-0.2, -0.15) is 0 Å². The zero-order chi connectivity index (χ0) is 23.8. The molecule has 1 aliphatic carbocycles. The molecular weight excluding hydrogens is 412 g/mol. The predicted octanol–water partition coefficient (Wildman–Crippen LogP) is 10.7. The molecule has 0 bridgehead atoms. The Bertz CT molecular complexity index is 752. The van der Waals surface area contributed by atoms with Crippen molar-refractivity contribution >= 4 is 0 Å². The summed E-state index contributed by atoms with van der Waals surface area (Å²) in [5, 5.41) is 0. The molecule has 1 fully saturated rings. The van der Waals surface area contributed by atoms with Crippen molar-refractivity contribution in [1.82, 2.24) is 0 Å². The van der Waals surface area contributed by atoms with Gasteiger partial charge in [-0.3, -0.25) is 0 Å². The van der Waals surface area contributed by atoms with Crippen molar-refractivity contribution in [3.63, 3.8) is 0 Å². The second-order valence-electron chi connectivity index (χ2n) is 10.7. The average Bonchev–Trinajstić information content (AvgIpc) is 2.89. The average molecular weight is 463 g/mol. The van der Waals surface area contributed by atoms with Crippen LogP contribution in [0.1, 0.15) is 128 Å². The first-order valence-electron chi connectivity index (χ1n) is 14.6. The maximum absolute atomic E-state index is 5.98. The number of ether oxygens (including phenoxy) is 1. The topological polar surface area (TPSA) is 9.23 Å². The Morgan fingerprint density at radius 1 is 0.588 bits per heavy atom. The van der Waals surface area contributed by atoms with Gasteiger partial charge in [0.2, 0.25) is 0 Å². The number of unbranched alkanes of at least 4 members (excludes halogenated alkanes) is 9. The van der Waals surface area contributed by atoms with E-state index in [0.29, 0.717) is 0 Å². The molecule has 0 unspecified atom stereocenters. The monoisotopic (exact) mass is 462 g/mol. The summed E-state index contributed by atoms with van der Waals surface area (Å²) in [6.45, 7) is 5.42. The van der Waals surface area contributed by atoms with E-state index >= 15 is 0 Å². The van der Waals surface area contributed by atoms with E-state index in [1.54, 1.807) is 5.56 Å². The highest BCUT2D eigenvalue weighted by Crippen LogP contribution is 2.38. The van der Waals surface area contributed by atoms with Gasteiger partial charge in [-0.05, 0) is 72.8 Å². The third-order valence-corrected chi connectivity index (χ3v) is 7.90. The van der Waals surface area contributed by atoms with Gasteiger partial charge < -0.3 is 4.74 Å². The van der Waals surface area contributed by atoms with E-state index in [2.05, 4.69) is 62.4 Å². The highest BCUT2D eigenvalue weighted by atomic mass is 16.5. The first-order valence-corrected chi connectivity index (χ1v) is 14.6. The summed E-state index contributed by atoms with van der Waals surface area (Å²) in [4.78, 5) is 0. The van der Waals surface area contributed by atoms with E-state index in [0.717, 1.165) is 30.6 Å². The summed E-state index contributed by atoms with van der Waals surface area (Å²) in [7, 11) is 0. The fraction of sp³-hybridized carbons (Fsp3) is 0.636. The van der Waals surface area contributed by atoms with Gasteiger partial charge in [0.1, 0.15) is 5.75 Å². The second-order valence-corrected chi connectivity index (χ2v) is 10.7. The molecule has 34 heavy (non-hydrogen) atoms. The van der Waals surface area contributed by atoms with Gasteiger partial charge in [-0.1, -0.05) is 121 Å². The van der Waals surface area contributed by atoms with E-state index in [9.17, 15) is 0 Å². The normalized spacial score (nSPS) is 18.2. The Morgan fingerprint density at radius 3 is 1.74 bits per heavy atom. The summed E-state index contributed by atoms with van der Waals surface area (Å²) in [5.74, 6) is 2.75. The third-order valence-electron chi connectivity index (χ3n) is 7.90. The van der Waals surface area contributed by atoms with Crippen molar-refractivity contribution in [2.75, 3.05) is 6.61 Å². The van der Waals surface area contributed by atoms with Gasteiger partial charge in [0.25, 0.3) is 0 Å². The lowest BCUT2D eigenvalue weighted by Crippen LogP contribution is -2.13. The molecule has 3 rings (SSSR count). The van der Waals surface area contributed by atoms with Gasteiger partial charge >= 0.3 is 0 Å². The van der Waals surface area contributed by atoms with Gasteiger partial charge in [0, 0.05) is 0 Å². The Kier molecular flexibility index (Phi) is 12.6. The molecular formula is C33H50O. The summed E-state index contributed by atoms with van der Waals surface area (Å²) < 4.78 is 5.98. The maximum Gasteiger partial charge on any atom is 0.119 e. The van der Waals surface area contributed by atoms with Crippen molar-refractivity contribution in [2.45, 2.75) is 122 Å². The Labute approximate surface area is 210 Å². The van der Waals surface area contributed by atoms with Crippen molar-refractivity contribution in [1.29, 1.82) is 0 Å². The van der Waals surface area contributed by atoms with Crippen LogP contribution in [0, 0.1) is 5.92 Å². The predicted molar refractivity (Wildman–Crippen MR) is 149 cm³/mol. The summed E-state index contributed by atoms with van der Waals surface area (Å²) in [6, 6.07) is 18.1. The van der Waals surface area contributed by atoms with Gasteiger partial charge in [0.05, 0.1) is 6.61 Å². The number of benzene rings is 2. The van der Waals surface area contributed by atoms with Crippen LogP contribution in [0.15, 0.2) is 48.5 Å². The fourth-order valence-corrected chi connectivity index (χ4v) is 5.58. The first kappa shape index (κ1) is 26.8. The lowest BCUT2D eigenvalue weighted by atomic mass is 9.77. The van der Waals surface area contributed by atoms with Gasteiger partial charge in [0.15, 0.2) is 0 Å². The molecule has 1 nitrogen and oxygen atoms in total. The summed E-state index contributed by atoms with van der Waals surface area (Å²) in [5.41, 5.74) is 4.14. The molecule has 2 aromatic carbocycles. The van der Waals surface area contributed by atoms with Gasteiger partial charge in [-0.25, -0.2) is 0 Å². The molecule has 0 atom stereocenters. The summed E-state index contributed by atoms with van der Waals surface area (Å²) in [6.07, 6.45) is 22.0. The lowest BCUT2D eigenvalue weighted by Gasteiger charge is -2.29. The third kappa shape index (κ3) is 9.47. The molecule has 0 aromatic heterocycles. The lowest BCUT2D eigenvalue weighted by molar-refractivity contribution is 0.303. The highest BCUT2D eigenvalue weighted by molar-refractivity contribution is 5.64. The highest BCUT2D eigenvalue weighted by Gasteiger charge is 2.22. The van der Waals surface area contributed by atoms with Crippen LogP contribution in [0.2, 0.25) is 0 Å². The molecule has 0 spiro atoms. The fourth-order valence-electron chi connectivity index (χ4n) is 5.58. The quantitative estimate of drug-likeness (QED) is 0.225. The van der Waals surface area contributed by atoms with Crippen LogP contribution in [0.5, 0.6) is 5.75 Å². The number of rotatable bonds is 16. The van der Waals surface area contributed by atoms with E-state index in [4.69, 9.17) is 4.74 Å². The van der Waals surface area contributed by atoms with E-state index in [-0.39, 0.29) is 0 Å². The van der Waals surface area contributed by atoms with Crippen molar-refractivity contribution < 1.29 is 4.74 Å². The van der Waals surface area contributed by atoms with E-state index in [1.165, 1.54) is 107 Å². The van der Waals surface area contributed by atoms with Crippen LogP contribution in [-0.4, -0.2) is 6.61 Å². The standard InChI is InChI=1S/C33H50O/c1-3-5-7-8-9-10-11-13-27-34-33-25-23-32(24-26-33)31-21-19-30(20-22-31)29-17-15-28(16-18-29)14-12-6-4-2/h19-26,28-29H,3-18,27H2,1-2H3. The van der Waals surface area contributed by atoms with Crippen LogP contribution < -0.4 is 4.74 Å². The van der Waals surface area contributed by atoms with Crippen LogP contribution in [-0.2, 0) is 0 Å². The number of hydrogen-bond acceptors (Lipinski definition) is 1. The minimum atomic E-state index is 0.767. The van der Waals surface area contributed by atoms with Gasteiger partial charge in [-0.15, -0.1) is 0 Å². The zero-order valence-electron chi connectivity index (χ0n) is 22.2. The van der Waals surface area contributed by atoms with Crippen LogP contribution in [0.3, 0.4) is 0 Å². The zero-order valence-corrected chi connectivity index (χ0v) is 22.2. The molecule has 0 saturated heterocycles.